The Hall–Kier alpha value is -3.06. The zero-order valence-electron chi connectivity index (χ0n) is 15.4. The summed E-state index contributed by atoms with van der Waals surface area (Å²) in [5.41, 5.74) is 1.74. The number of rotatable bonds is 7. The summed E-state index contributed by atoms with van der Waals surface area (Å²) < 4.78 is 5.62. The highest BCUT2D eigenvalue weighted by Crippen LogP contribution is 2.31. The zero-order chi connectivity index (χ0) is 19.9. The molecule has 1 N–H and O–H groups in total. The molecule has 0 saturated heterocycles. The number of amidine groups is 1. The van der Waals surface area contributed by atoms with E-state index in [1.54, 1.807) is 6.08 Å². The Bertz CT molecular complexity index is 925. The number of hydrogen-bond donors (Lipinski definition) is 1. The maximum Gasteiger partial charge on any atom is 0.304 e. The normalized spacial score (nSPS) is 15.0. The SMILES string of the molecule is CCOc1ccccc1/C=C1/N=C(SCCC(=O)O)N(c2ccccc2)C1=O. The van der Waals surface area contributed by atoms with Gasteiger partial charge in [0, 0.05) is 11.3 Å². The number of anilines is 1. The highest BCUT2D eigenvalue weighted by atomic mass is 32.2. The molecule has 7 heteroatoms. The van der Waals surface area contributed by atoms with Crippen LogP contribution in [0.4, 0.5) is 5.69 Å². The lowest BCUT2D eigenvalue weighted by atomic mass is 10.1. The third kappa shape index (κ3) is 4.61. The highest BCUT2D eigenvalue weighted by molar-refractivity contribution is 8.14. The van der Waals surface area contributed by atoms with Crippen LogP contribution >= 0.6 is 11.8 Å². The van der Waals surface area contributed by atoms with Crippen molar-refractivity contribution in [3.05, 3.63) is 65.9 Å². The minimum Gasteiger partial charge on any atom is -0.493 e. The summed E-state index contributed by atoms with van der Waals surface area (Å²) in [6.07, 6.45) is 1.70. The van der Waals surface area contributed by atoms with Crippen molar-refractivity contribution in [1.29, 1.82) is 0 Å². The largest absolute Gasteiger partial charge is 0.493 e. The van der Waals surface area contributed by atoms with Crippen molar-refractivity contribution >= 4 is 40.6 Å². The predicted molar refractivity (Wildman–Crippen MR) is 112 cm³/mol. The number of benzene rings is 2. The van der Waals surface area contributed by atoms with E-state index in [9.17, 15) is 9.59 Å². The zero-order valence-corrected chi connectivity index (χ0v) is 16.2. The monoisotopic (exact) mass is 396 g/mol. The molecule has 144 valence electrons. The molecule has 28 heavy (non-hydrogen) atoms. The maximum absolute atomic E-state index is 13.1. The van der Waals surface area contributed by atoms with Crippen molar-refractivity contribution in [2.24, 2.45) is 4.99 Å². The van der Waals surface area contributed by atoms with Gasteiger partial charge in [-0.25, -0.2) is 4.99 Å². The lowest BCUT2D eigenvalue weighted by molar-refractivity contribution is -0.136. The van der Waals surface area contributed by atoms with Gasteiger partial charge in [0.25, 0.3) is 5.91 Å². The number of hydrogen-bond acceptors (Lipinski definition) is 5. The van der Waals surface area contributed by atoms with Gasteiger partial charge in [0.15, 0.2) is 5.17 Å². The second kappa shape index (κ2) is 9.23. The van der Waals surface area contributed by atoms with Crippen LogP contribution in [0, 0.1) is 0 Å². The molecule has 0 spiro atoms. The van der Waals surface area contributed by atoms with E-state index in [1.165, 1.54) is 16.7 Å². The number of aliphatic imine (C=N–C) groups is 1. The topological polar surface area (TPSA) is 79.2 Å². The summed E-state index contributed by atoms with van der Waals surface area (Å²) in [5.74, 6) is -0.132. The number of thioether (sulfide) groups is 1. The third-order valence-electron chi connectivity index (χ3n) is 3.90. The summed E-state index contributed by atoms with van der Waals surface area (Å²) in [6.45, 7) is 2.42. The molecule has 0 radical (unpaired) electrons. The Morgan fingerprint density at radius 2 is 1.89 bits per heavy atom. The molecule has 1 amide bonds. The van der Waals surface area contributed by atoms with Crippen molar-refractivity contribution in [3.63, 3.8) is 0 Å². The van der Waals surface area contributed by atoms with Crippen LogP contribution in [0.5, 0.6) is 5.75 Å². The molecular formula is C21H20N2O4S. The molecule has 6 nitrogen and oxygen atoms in total. The minimum atomic E-state index is -0.884. The molecule has 0 fully saturated rings. The first-order valence-corrected chi connectivity index (χ1v) is 9.85. The standard InChI is InChI=1S/C21H20N2O4S/c1-2-27-18-11-7-6-8-15(18)14-17-20(26)23(16-9-4-3-5-10-16)21(22-17)28-13-12-19(24)25/h3-11,14H,2,12-13H2,1H3,(H,24,25)/b17-14+. The van der Waals surface area contributed by atoms with Crippen molar-refractivity contribution in [2.75, 3.05) is 17.3 Å². The summed E-state index contributed by atoms with van der Waals surface area (Å²) >= 11 is 1.25. The molecule has 1 heterocycles. The second-order valence-corrected chi connectivity index (χ2v) is 6.93. The molecule has 0 saturated carbocycles. The Labute approximate surface area is 167 Å². The molecule has 0 aliphatic carbocycles. The highest BCUT2D eigenvalue weighted by Gasteiger charge is 2.32. The van der Waals surface area contributed by atoms with Gasteiger partial charge in [-0.3, -0.25) is 14.5 Å². The molecule has 0 atom stereocenters. The molecule has 3 rings (SSSR count). The first kappa shape index (κ1) is 19.7. The molecule has 2 aromatic carbocycles. The Balaban J connectivity index is 1.94. The van der Waals surface area contributed by atoms with E-state index in [4.69, 9.17) is 9.84 Å². The number of carbonyl (C=O) groups excluding carboxylic acids is 1. The number of nitrogens with zero attached hydrogens (tertiary/aromatic N) is 2. The fraction of sp³-hybridized carbons (Fsp3) is 0.190. The fourth-order valence-corrected chi connectivity index (χ4v) is 3.60. The molecule has 1 aliphatic rings. The Morgan fingerprint density at radius 1 is 1.18 bits per heavy atom. The van der Waals surface area contributed by atoms with Gasteiger partial charge in [0.05, 0.1) is 18.7 Å². The van der Waals surface area contributed by atoms with Crippen molar-refractivity contribution in [2.45, 2.75) is 13.3 Å². The molecule has 1 aliphatic heterocycles. The Kier molecular flexibility index (Phi) is 6.49. The van der Waals surface area contributed by atoms with Gasteiger partial charge in [-0.1, -0.05) is 48.2 Å². The molecule has 0 aromatic heterocycles. The van der Waals surface area contributed by atoms with Gasteiger partial charge in [-0.2, -0.15) is 0 Å². The Morgan fingerprint density at radius 3 is 2.61 bits per heavy atom. The van der Waals surface area contributed by atoms with Crippen LogP contribution in [0.2, 0.25) is 0 Å². The number of carboxylic acid groups (broad SMARTS) is 1. The predicted octanol–water partition coefficient (Wildman–Crippen LogP) is 4.04. The van der Waals surface area contributed by atoms with E-state index in [-0.39, 0.29) is 18.0 Å². The molecular weight excluding hydrogens is 376 g/mol. The van der Waals surface area contributed by atoms with Gasteiger partial charge in [-0.05, 0) is 31.2 Å². The summed E-state index contributed by atoms with van der Waals surface area (Å²) in [4.78, 5) is 29.9. The number of ether oxygens (including phenoxy) is 1. The minimum absolute atomic E-state index is 0.00721. The van der Waals surface area contributed by atoms with E-state index in [1.807, 2.05) is 61.5 Å². The quantitative estimate of drug-likeness (QED) is 0.715. The van der Waals surface area contributed by atoms with Crippen molar-refractivity contribution in [3.8, 4) is 5.75 Å². The molecule has 2 aromatic rings. The maximum atomic E-state index is 13.1. The average Bonchev–Trinajstić information content (AvgIpc) is 2.99. The number of amides is 1. The van der Waals surface area contributed by atoms with Crippen LogP contribution in [0.15, 0.2) is 65.3 Å². The van der Waals surface area contributed by atoms with Crippen LogP contribution in [0.25, 0.3) is 6.08 Å². The van der Waals surface area contributed by atoms with Gasteiger partial charge in [-0.15, -0.1) is 0 Å². The fourth-order valence-electron chi connectivity index (χ4n) is 2.66. The van der Waals surface area contributed by atoms with Crippen LogP contribution < -0.4 is 9.64 Å². The summed E-state index contributed by atoms with van der Waals surface area (Å²) in [6, 6.07) is 16.6. The van der Waals surface area contributed by atoms with E-state index in [0.29, 0.717) is 29.0 Å². The average molecular weight is 396 g/mol. The summed E-state index contributed by atoms with van der Waals surface area (Å²) in [7, 11) is 0. The lowest BCUT2D eigenvalue weighted by Crippen LogP contribution is -2.30. The first-order chi connectivity index (χ1) is 13.6. The van der Waals surface area contributed by atoms with Gasteiger partial charge < -0.3 is 9.84 Å². The number of para-hydroxylation sites is 2. The lowest BCUT2D eigenvalue weighted by Gasteiger charge is -2.17. The van der Waals surface area contributed by atoms with Gasteiger partial charge in [0.1, 0.15) is 11.4 Å². The molecule has 0 unspecified atom stereocenters. The smallest absolute Gasteiger partial charge is 0.304 e. The van der Waals surface area contributed by atoms with Crippen molar-refractivity contribution in [1.82, 2.24) is 0 Å². The number of aliphatic carboxylic acids is 1. The van der Waals surface area contributed by atoms with E-state index in [0.717, 1.165) is 5.56 Å². The van der Waals surface area contributed by atoms with Gasteiger partial charge >= 0.3 is 5.97 Å². The van der Waals surface area contributed by atoms with Crippen molar-refractivity contribution < 1.29 is 19.4 Å². The van der Waals surface area contributed by atoms with Crippen LogP contribution in [-0.4, -0.2) is 34.5 Å². The summed E-state index contributed by atoms with van der Waals surface area (Å²) in [5, 5.41) is 9.36. The third-order valence-corrected chi connectivity index (χ3v) is 4.84. The second-order valence-electron chi connectivity index (χ2n) is 5.86. The molecule has 0 bridgehead atoms. The van der Waals surface area contributed by atoms with Crippen LogP contribution in [0.3, 0.4) is 0 Å². The van der Waals surface area contributed by atoms with E-state index in [2.05, 4.69) is 4.99 Å². The number of carboxylic acids is 1. The number of carbonyl (C=O) groups is 2. The first-order valence-electron chi connectivity index (χ1n) is 8.86. The van der Waals surface area contributed by atoms with Gasteiger partial charge in [0.2, 0.25) is 0 Å². The van der Waals surface area contributed by atoms with E-state index >= 15 is 0 Å². The van der Waals surface area contributed by atoms with Crippen LogP contribution in [-0.2, 0) is 9.59 Å². The van der Waals surface area contributed by atoms with E-state index < -0.39 is 5.97 Å². The van der Waals surface area contributed by atoms with Crippen LogP contribution in [0.1, 0.15) is 18.9 Å².